The predicted octanol–water partition coefficient (Wildman–Crippen LogP) is 5.39. The zero-order valence-corrected chi connectivity index (χ0v) is 15.8. The van der Waals surface area contributed by atoms with Crippen molar-refractivity contribution in [3.63, 3.8) is 0 Å². The molecular weight excluding hydrogens is 300 g/mol. The van der Waals surface area contributed by atoms with Gasteiger partial charge in [-0.3, -0.25) is 4.79 Å². The van der Waals surface area contributed by atoms with Gasteiger partial charge >= 0.3 is 5.97 Å². The molecule has 3 nitrogen and oxygen atoms in total. The largest absolute Gasteiger partial charge is 0.469 e. The summed E-state index contributed by atoms with van der Waals surface area (Å²) in [6, 6.07) is 0. The van der Waals surface area contributed by atoms with E-state index in [1.54, 1.807) is 0 Å². The maximum Gasteiger partial charge on any atom is 0.311 e. The number of rotatable bonds is 15. The first kappa shape index (κ1) is 19.8. The molecule has 0 aromatic heterocycles. The fraction of sp³-hybridized carbons (Fsp3) is 0.952. The van der Waals surface area contributed by atoms with E-state index in [1.807, 2.05) is 0 Å². The Bertz CT molecular complexity index is 369. The van der Waals surface area contributed by atoms with Crippen molar-refractivity contribution in [3.05, 3.63) is 0 Å². The SMILES string of the molecule is COC(=O)C1(CCCCCCCCCCCCC2(CO)CC2)CC1. The molecular formula is C21H38O3. The van der Waals surface area contributed by atoms with Crippen LogP contribution in [0.2, 0.25) is 0 Å². The second-order valence-corrected chi connectivity index (χ2v) is 8.47. The molecule has 2 aliphatic rings. The number of hydrogen-bond acceptors (Lipinski definition) is 3. The first-order valence-electron chi connectivity index (χ1n) is 10.4. The predicted molar refractivity (Wildman–Crippen MR) is 97.8 cm³/mol. The van der Waals surface area contributed by atoms with Gasteiger partial charge < -0.3 is 9.84 Å². The summed E-state index contributed by atoms with van der Waals surface area (Å²) < 4.78 is 4.90. The van der Waals surface area contributed by atoms with Crippen LogP contribution < -0.4 is 0 Å². The fourth-order valence-corrected chi connectivity index (χ4v) is 3.97. The second kappa shape index (κ2) is 9.79. The van der Waals surface area contributed by atoms with Gasteiger partial charge in [-0.15, -0.1) is 0 Å². The van der Waals surface area contributed by atoms with Crippen LogP contribution in [-0.2, 0) is 9.53 Å². The van der Waals surface area contributed by atoms with E-state index in [9.17, 15) is 9.90 Å². The van der Waals surface area contributed by atoms with E-state index < -0.39 is 0 Å². The minimum Gasteiger partial charge on any atom is -0.469 e. The van der Waals surface area contributed by atoms with Crippen molar-refractivity contribution >= 4 is 5.97 Å². The summed E-state index contributed by atoms with van der Waals surface area (Å²) in [5, 5.41) is 9.28. The topological polar surface area (TPSA) is 46.5 Å². The van der Waals surface area contributed by atoms with Gasteiger partial charge in [0.15, 0.2) is 0 Å². The molecule has 0 spiro atoms. The van der Waals surface area contributed by atoms with Gasteiger partial charge in [-0.2, -0.15) is 0 Å². The number of aliphatic hydroxyl groups excluding tert-OH is 1. The van der Waals surface area contributed by atoms with Gasteiger partial charge in [-0.25, -0.2) is 0 Å². The zero-order chi connectivity index (χ0) is 17.3. The van der Waals surface area contributed by atoms with Crippen molar-refractivity contribution in [3.8, 4) is 0 Å². The quantitative estimate of drug-likeness (QED) is 0.321. The van der Waals surface area contributed by atoms with Crippen LogP contribution in [0.25, 0.3) is 0 Å². The fourth-order valence-electron chi connectivity index (χ4n) is 3.97. The molecule has 3 heteroatoms. The second-order valence-electron chi connectivity index (χ2n) is 8.47. The summed E-state index contributed by atoms with van der Waals surface area (Å²) in [4.78, 5) is 11.7. The molecule has 2 rings (SSSR count). The standard InChI is InChI=1S/C21H38O3/c1-24-19(23)21(16-17-21)13-11-9-7-5-3-2-4-6-8-10-12-20(18-22)14-15-20/h22H,2-18H2,1H3. The molecule has 0 saturated heterocycles. The van der Waals surface area contributed by atoms with Gasteiger partial charge in [-0.1, -0.05) is 64.2 Å². The van der Waals surface area contributed by atoms with E-state index in [1.165, 1.54) is 90.6 Å². The van der Waals surface area contributed by atoms with Gasteiger partial charge in [0, 0.05) is 6.61 Å². The molecule has 0 heterocycles. The van der Waals surface area contributed by atoms with Crippen LogP contribution in [0.15, 0.2) is 0 Å². The van der Waals surface area contributed by atoms with Crippen LogP contribution in [-0.4, -0.2) is 24.8 Å². The van der Waals surface area contributed by atoms with Crippen molar-refractivity contribution in [1.29, 1.82) is 0 Å². The van der Waals surface area contributed by atoms with Crippen LogP contribution >= 0.6 is 0 Å². The molecule has 2 saturated carbocycles. The third-order valence-corrected chi connectivity index (χ3v) is 6.38. The zero-order valence-electron chi connectivity index (χ0n) is 15.8. The number of ether oxygens (including phenoxy) is 1. The number of methoxy groups -OCH3 is 1. The molecule has 0 aromatic carbocycles. The molecule has 0 aliphatic heterocycles. The third-order valence-electron chi connectivity index (χ3n) is 6.38. The molecule has 0 atom stereocenters. The van der Waals surface area contributed by atoms with Crippen LogP contribution in [0.4, 0.5) is 0 Å². The highest BCUT2D eigenvalue weighted by atomic mass is 16.5. The molecule has 0 aromatic rings. The molecule has 0 radical (unpaired) electrons. The number of unbranched alkanes of at least 4 members (excludes halogenated alkanes) is 9. The van der Waals surface area contributed by atoms with Gasteiger partial charge in [-0.05, 0) is 43.9 Å². The van der Waals surface area contributed by atoms with Crippen LogP contribution in [0.5, 0.6) is 0 Å². The highest BCUT2D eigenvalue weighted by molar-refractivity contribution is 5.79. The van der Waals surface area contributed by atoms with Crippen molar-refractivity contribution in [1.82, 2.24) is 0 Å². The Hall–Kier alpha value is -0.570. The number of carbonyl (C=O) groups excluding carboxylic acids is 1. The summed E-state index contributed by atoms with van der Waals surface area (Å²) in [5.41, 5.74) is 0.275. The summed E-state index contributed by atoms with van der Waals surface area (Å²) in [7, 11) is 1.51. The lowest BCUT2D eigenvalue weighted by molar-refractivity contribution is -0.147. The summed E-state index contributed by atoms with van der Waals surface area (Å²) in [6.07, 6.45) is 20.1. The lowest BCUT2D eigenvalue weighted by Gasteiger charge is -2.11. The van der Waals surface area contributed by atoms with Crippen molar-refractivity contribution < 1.29 is 14.6 Å². The van der Waals surface area contributed by atoms with E-state index in [0.29, 0.717) is 12.0 Å². The van der Waals surface area contributed by atoms with Crippen LogP contribution in [0.1, 0.15) is 103 Å². The van der Waals surface area contributed by atoms with E-state index in [0.717, 1.165) is 19.3 Å². The molecule has 2 fully saturated rings. The Morgan fingerprint density at radius 1 is 0.792 bits per heavy atom. The summed E-state index contributed by atoms with van der Waals surface area (Å²) in [5.74, 6) is 0.0223. The highest BCUT2D eigenvalue weighted by Crippen LogP contribution is 2.51. The van der Waals surface area contributed by atoms with E-state index in [4.69, 9.17) is 4.74 Å². The van der Waals surface area contributed by atoms with Crippen LogP contribution in [0.3, 0.4) is 0 Å². The highest BCUT2D eigenvalue weighted by Gasteiger charge is 2.50. The van der Waals surface area contributed by atoms with Gasteiger partial charge in [0.25, 0.3) is 0 Å². The average molecular weight is 339 g/mol. The number of aliphatic hydroxyl groups is 1. The van der Waals surface area contributed by atoms with Crippen LogP contribution in [0, 0.1) is 10.8 Å². The van der Waals surface area contributed by atoms with Gasteiger partial charge in [0.2, 0.25) is 0 Å². The Morgan fingerprint density at radius 2 is 1.25 bits per heavy atom. The Labute approximate surface area is 148 Å². The van der Waals surface area contributed by atoms with Gasteiger partial charge in [0.05, 0.1) is 12.5 Å². The maximum atomic E-state index is 11.7. The summed E-state index contributed by atoms with van der Waals surface area (Å²) in [6.45, 7) is 0.410. The lowest BCUT2D eigenvalue weighted by Crippen LogP contribution is -2.17. The Morgan fingerprint density at radius 3 is 1.62 bits per heavy atom. The Balaban J connectivity index is 1.31. The van der Waals surface area contributed by atoms with Crippen molar-refractivity contribution in [2.75, 3.05) is 13.7 Å². The maximum absolute atomic E-state index is 11.7. The molecule has 1 N–H and O–H groups in total. The average Bonchev–Trinajstić information content (AvgIpc) is 3.51. The van der Waals surface area contributed by atoms with Crippen molar-refractivity contribution in [2.45, 2.75) is 103 Å². The molecule has 2 aliphatic carbocycles. The first-order valence-corrected chi connectivity index (χ1v) is 10.4. The van der Waals surface area contributed by atoms with E-state index in [-0.39, 0.29) is 11.4 Å². The van der Waals surface area contributed by atoms with Crippen molar-refractivity contribution in [2.24, 2.45) is 10.8 Å². The molecule has 0 bridgehead atoms. The normalized spacial score (nSPS) is 19.9. The van der Waals surface area contributed by atoms with E-state index in [2.05, 4.69) is 0 Å². The minimum absolute atomic E-state index is 0.0223. The summed E-state index contributed by atoms with van der Waals surface area (Å²) >= 11 is 0. The molecule has 0 amide bonds. The number of hydrogen-bond donors (Lipinski definition) is 1. The first-order chi connectivity index (χ1) is 11.7. The molecule has 140 valence electrons. The van der Waals surface area contributed by atoms with E-state index >= 15 is 0 Å². The smallest absolute Gasteiger partial charge is 0.311 e. The van der Waals surface area contributed by atoms with Gasteiger partial charge in [0.1, 0.15) is 0 Å². The minimum atomic E-state index is -0.0795. The lowest BCUT2D eigenvalue weighted by atomic mass is 9.97. The third kappa shape index (κ3) is 6.38. The number of carbonyl (C=O) groups is 1. The Kier molecular flexibility index (Phi) is 8.06. The molecule has 0 unspecified atom stereocenters. The monoisotopic (exact) mass is 338 g/mol. The number of esters is 1. The molecule has 24 heavy (non-hydrogen) atoms.